The number of carbonyl (C=O) groups excluding carboxylic acids is 2. The van der Waals surface area contributed by atoms with Gasteiger partial charge in [-0.3, -0.25) is 9.59 Å². The predicted octanol–water partition coefficient (Wildman–Crippen LogP) is 1.67. The molecular formula is C19H25N5O3S2. The van der Waals surface area contributed by atoms with E-state index in [2.05, 4.69) is 20.4 Å². The third-order valence-corrected chi connectivity index (χ3v) is 6.81. The summed E-state index contributed by atoms with van der Waals surface area (Å²) in [5.74, 6) is 1.30. The van der Waals surface area contributed by atoms with E-state index in [0.717, 1.165) is 40.3 Å². The molecule has 0 saturated carbocycles. The third kappa shape index (κ3) is 6.07. The summed E-state index contributed by atoms with van der Waals surface area (Å²) in [5.41, 5.74) is 1.13. The van der Waals surface area contributed by atoms with Gasteiger partial charge in [-0.25, -0.2) is 0 Å². The van der Waals surface area contributed by atoms with Gasteiger partial charge in [-0.05, 0) is 24.1 Å². The van der Waals surface area contributed by atoms with E-state index < -0.39 is 0 Å². The summed E-state index contributed by atoms with van der Waals surface area (Å²) in [5, 5.41) is 11.8. The number of aromatic nitrogens is 2. The van der Waals surface area contributed by atoms with Crippen molar-refractivity contribution in [1.82, 2.24) is 20.4 Å². The molecule has 1 fully saturated rings. The molecular weight excluding hydrogens is 410 g/mol. The lowest BCUT2D eigenvalue weighted by atomic mass is 10.1. The Labute approximate surface area is 178 Å². The first kappa shape index (κ1) is 21.4. The summed E-state index contributed by atoms with van der Waals surface area (Å²) in [7, 11) is 3.26. The Morgan fingerprint density at radius 3 is 2.55 bits per heavy atom. The second-order valence-corrected chi connectivity index (χ2v) is 8.71. The fourth-order valence-electron chi connectivity index (χ4n) is 2.94. The van der Waals surface area contributed by atoms with Crippen molar-refractivity contribution in [2.24, 2.45) is 0 Å². The fourth-order valence-corrected chi connectivity index (χ4v) is 4.70. The molecule has 0 bridgehead atoms. The van der Waals surface area contributed by atoms with E-state index in [1.54, 1.807) is 14.2 Å². The molecule has 1 N–H and O–H groups in total. The van der Waals surface area contributed by atoms with Crippen LogP contribution in [0.1, 0.15) is 12.0 Å². The van der Waals surface area contributed by atoms with Crippen LogP contribution in [0.3, 0.4) is 0 Å². The smallest absolute Gasteiger partial charge is 0.230 e. The first-order valence-corrected chi connectivity index (χ1v) is 11.2. The standard InChI is InChI=1S/C19H25N5O3S2/c1-20-16(25)13-28-19-22-21-18(29-19)24-11-9-23(10-12-24)17(26)8-5-14-3-6-15(27-2)7-4-14/h3-4,6-7H,5,8-13H2,1-2H3,(H,20,25). The van der Waals surface area contributed by atoms with Crippen LogP contribution in [0.2, 0.25) is 0 Å². The Morgan fingerprint density at radius 2 is 1.90 bits per heavy atom. The molecule has 156 valence electrons. The number of hydrogen-bond acceptors (Lipinski definition) is 8. The van der Waals surface area contributed by atoms with Crippen molar-refractivity contribution in [2.45, 2.75) is 17.2 Å². The van der Waals surface area contributed by atoms with Crippen molar-refractivity contribution < 1.29 is 14.3 Å². The van der Waals surface area contributed by atoms with Crippen molar-refractivity contribution in [3.63, 3.8) is 0 Å². The van der Waals surface area contributed by atoms with Crippen molar-refractivity contribution in [3.05, 3.63) is 29.8 Å². The van der Waals surface area contributed by atoms with Gasteiger partial charge in [0.15, 0.2) is 4.34 Å². The Bertz CT molecular complexity index is 820. The van der Waals surface area contributed by atoms with Gasteiger partial charge in [0.1, 0.15) is 5.75 Å². The maximum atomic E-state index is 12.5. The molecule has 8 nitrogen and oxygen atoms in total. The van der Waals surface area contributed by atoms with Gasteiger partial charge in [0.2, 0.25) is 16.9 Å². The molecule has 0 radical (unpaired) electrons. The normalized spacial score (nSPS) is 14.0. The first-order chi connectivity index (χ1) is 14.1. The maximum Gasteiger partial charge on any atom is 0.230 e. The largest absolute Gasteiger partial charge is 0.497 e. The topological polar surface area (TPSA) is 87.7 Å². The second-order valence-electron chi connectivity index (χ2n) is 6.53. The van der Waals surface area contributed by atoms with Crippen LogP contribution < -0.4 is 15.0 Å². The zero-order valence-corrected chi connectivity index (χ0v) is 18.2. The van der Waals surface area contributed by atoms with Crippen LogP contribution in [0.15, 0.2) is 28.6 Å². The lowest BCUT2D eigenvalue weighted by molar-refractivity contribution is -0.131. The molecule has 0 aliphatic carbocycles. The average Bonchev–Trinajstić information content (AvgIpc) is 3.25. The fraction of sp³-hybridized carbons (Fsp3) is 0.474. The van der Waals surface area contributed by atoms with Gasteiger partial charge >= 0.3 is 0 Å². The Morgan fingerprint density at radius 1 is 1.17 bits per heavy atom. The number of carbonyl (C=O) groups is 2. The highest BCUT2D eigenvalue weighted by molar-refractivity contribution is 8.01. The van der Waals surface area contributed by atoms with Crippen LogP contribution in [-0.4, -0.2) is 73.0 Å². The minimum Gasteiger partial charge on any atom is -0.497 e. The van der Waals surface area contributed by atoms with Gasteiger partial charge in [-0.2, -0.15) is 0 Å². The molecule has 1 aromatic carbocycles. The van der Waals surface area contributed by atoms with E-state index in [9.17, 15) is 9.59 Å². The number of ether oxygens (including phenoxy) is 1. The summed E-state index contributed by atoms with van der Waals surface area (Å²) in [6.07, 6.45) is 1.23. The minimum atomic E-state index is -0.0338. The Kier molecular flexibility index (Phi) is 7.70. The van der Waals surface area contributed by atoms with E-state index in [-0.39, 0.29) is 11.8 Å². The van der Waals surface area contributed by atoms with Crippen molar-refractivity contribution >= 4 is 40.0 Å². The molecule has 0 unspecified atom stereocenters. The number of rotatable bonds is 8. The highest BCUT2D eigenvalue weighted by Crippen LogP contribution is 2.28. The van der Waals surface area contributed by atoms with Crippen molar-refractivity contribution in [1.29, 1.82) is 0 Å². The minimum absolute atomic E-state index is 0.0338. The number of piperazine rings is 1. The Hall–Kier alpha value is -2.33. The van der Waals surface area contributed by atoms with Crippen LogP contribution >= 0.6 is 23.1 Å². The number of nitrogens with zero attached hydrogens (tertiary/aromatic N) is 4. The van der Waals surface area contributed by atoms with Crippen LogP contribution in [0, 0.1) is 0 Å². The first-order valence-electron chi connectivity index (χ1n) is 9.41. The summed E-state index contributed by atoms with van der Waals surface area (Å²) in [6.45, 7) is 2.84. The summed E-state index contributed by atoms with van der Waals surface area (Å²) in [4.78, 5) is 27.9. The van der Waals surface area contributed by atoms with Crippen molar-refractivity contribution in [3.8, 4) is 5.75 Å². The summed E-state index contributed by atoms with van der Waals surface area (Å²) >= 11 is 2.87. The van der Waals surface area contributed by atoms with E-state index in [0.29, 0.717) is 25.3 Å². The zero-order valence-electron chi connectivity index (χ0n) is 16.6. The van der Waals surface area contributed by atoms with Crippen LogP contribution in [0.25, 0.3) is 0 Å². The van der Waals surface area contributed by atoms with Crippen molar-refractivity contribution in [2.75, 3.05) is 51.0 Å². The number of hydrogen-bond donors (Lipinski definition) is 1. The molecule has 3 rings (SSSR count). The molecule has 29 heavy (non-hydrogen) atoms. The highest BCUT2D eigenvalue weighted by atomic mass is 32.2. The highest BCUT2D eigenvalue weighted by Gasteiger charge is 2.23. The van der Waals surface area contributed by atoms with Gasteiger partial charge in [-0.1, -0.05) is 35.2 Å². The molecule has 2 aromatic rings. The maximum absolute atomic E-state index is 12.5. The number of thioether (sulfide) groups is 1. The van der Waals surface area contributed by atoms with Crippen LogP contribution in [-0.2, 0) is 16.0 Å². The molecule has 1 saturated heterocycles. The number of aryl methyl sites for hydroxylation is 1. The molecule has 0 spiro atoms. The number of nitrogens with one attached hydrogen (secondary N) is 1. The summed E-state index contributed by atoms with van der Waals surface area (Å²) < 4.78 is 5.94. The SMILES string of the molecule is CNC(=O)CSc1nnc(N2CCN(C(=O)CCc3ccc(OC)cc3)CC2)s1. The lowest BCUT2D eigenvalue weighted by Gasteiger charge is -2.34. The lowest BCUT2D eigenvalue weighted by Crippen LogP contribution is -2.48. The Balaban J connectivity index is 1.43. The van der Waals surface area contributed by atoms with Gasteiger partial charge in [0.25, 0.3) is 0 Å². The van der Waals surface area contributed by atoms with E-state index in [1.165, 1.54) is 23.1 Å². The van der Waals surface area contributed by atoms with E-state index in [1.807, 2.05) is 29.2 Å². The predicted molar refractivity (Wildman–Crippen MR) is 115 cm³/mol. The molecule has 1 aromatic heterocycles. The third-order valence-electron chi connectivity index (χ3n) is 4.69. The molecule has 2 amide bonds. The molecule has 2 heterocycles. The van der Waals surface area contributed by atoms with E-state index >= 15 is 0 Å². The molecule has 1 aliphatic heterocycles. The van der Waals surface area contributed by atoms with Crippen LogP contribution in [0.5, 0.6) is 5.75 Å². The average molecular weight is 436 g/mol. The van der Waals surface area contributed by atoms with Crippen LogP contribution in [0.4, 0.5) is 5.13 Å². The van der Waals surface area contributed by atoms with Gasteiger partial charge < -0.3 is 19.9 Å². The summed E-state index contributed by atoms with van der Waals surface area (Å²) in [6, 6.07) is 7.84. The molecule has 0 atom stereocenters. The zero-order chi connectivity index (χ0) is 20.6. The quantitative estimate of drug-likeness (QED) is 0.631. The number of methoxy groups -OCH3 is 1. The van der Waals surface area contributed by atoms with Gasteiger partial charge in [0, 0.05) is 39.6 Å². The number of anilines is 1. The second kappa shape index (κ2) is 10.4. The number of amides is 2. The monoisotopic (exact) mass is 435 g/mol. The van der Waals surface area contributed by atoms with Gasteiger partial charge in [0.05, 0.1) is 12.9 Å². The molecule has 10 heteroatoms. The molecule has 1 aliphatic rings. The van der Waals surface area contributed by atoms with Gasteiger partial charge in [-0.15, -0.1) is 10.2 Å². The van der Waals surface area contributed by atoms with E-state index in [4.69, 9.17) is 4.74 Å². The number of benzene rings is 1.